The number of carbonyl (C=O) groups is 1. The van der Waals surface area contributed by atoms with Crippen LogP contribution in [-0.2, 0) is 4.79 Å². The van der Waals surface area contributed by atoms with Crippen LogP contribution in [-0.4, -0.2) is 56.0 Å². The smallest absolute Gasteiger partial charge is 0.246 e. The van der Waals surface area contributed by atoms with Crippen LogP contribution < -0.4 is 4.74 Å². The second kappa shape index (κ2) is 6.92. The quantitative estimate of drug-likeness (QED) is 0.804. The predicted molar refractivity (Wildman–Crippen MR) is 100.0 cm³/mol. The molecular formula is C20H26N2O3. The first-order valence-corrected chi connectivity index (χ1v) is 8.64. The highest BCUT2D eigenvalue weighted by Crippen LogP contribution is 2.37. The Labute approximate surface area is 148 Å². The van der Waals surface area contributed by atoms with Crippen LogP contribution in [0.3, 0.4) is 0 Å². The molecule has 1 saturated heterocycles. The number of piperazine rings is 1. The fraction of sp³-hybridized carbons (Fsp3) is 0.450. The van der Waals surface area contributed by atoms with Gasteiger partial charge in [-0.15, -0.1) is 0 Å². The van der Waals surface area contributed by atoms with Gasteiger partial charge in [0, 0.05) is 48.8 Å². The summed E-state index contributed by atoms with van der Waals surface area (Å²) < 4.78 is 11.3. The summed E-state index contributed by atoms with van der Waals surface area (Å²) >= 11 is 0. The number of aryl methyl sites for hydroxylation is 2. The summed E-state index contributed by atoms with van der Waals surface area (Å²) in [6.45, 7) is 9.36. The van der Waals surface area contributed by atoms with Crippen LogP contribution in [0.25, 0.3) is 16.5 Å². The molecule has 5 heteroatoms. The molecule has 2 heterocycles. The zero-order valence-corrected chi connectivity index (χ0v) is 15.7. The monoisotopic (exact) mass is 342 g/mol. The van der Waals surface area contributed by atoms with E-state index in [1.54, 1.807) is 19.4 Å². The van der Waals surface area contributed by atoms with Crippen molar-refractivity contribution in [1.82, 2.24) is 9.80 Å². The molecule has 0 unspecified atom stereocenters. The molecule has 5 nitrogen and oxygen atoms in total. The maximum atomic E-state index is 12.6. The minimum Gasteiger partial charge on any atom is -0.496 e. The van der Waals surface area contributed by atoms with E-state index < -0.39 is 0 Å². The fourth-order valence-corrected chi connectivity index (χ4v) is 3.38. The molecule has 0 radical (unpaired) electrons. The van der Waals surface area contributed by atoms with Crippen LogP contribution in [0.1, 0.15) is 23.6 Å². The lowest BCUT2D eigenvalue weighted by molar-refractivity contribution is -0.127. The van der Waals surface area contributed by atoms with Gasteiger partial charge in [0.15, 0.2) is 0 Å². The number of likely N-dealkylation sites (N-methyl/N-ethyl adjacent to an activating group) is 1. The van der Waals surface area contributed by atoms with E-state index in [9.17, 15) is 4.79 Å². The van der Waals surface area contributed by atoms with Crippen LogP contribution in [0.5, 0.6) is 5.75 Å². The predicted octanol–water partition coefficient (Wildman–Crippen LogP) is 3.24. The normalized spacial score (nSPS) is 16.5. The second-order valence-electron chi connectivity index (χ2n) is 6.83. The van der Waals surface area contributed by atoms with Gasteiger partial charge >= 0.3 is 0 Å². The number of amides is 1. The molecule has 1 aromatic carbocycles. The van der Waals surface area contributed by atoms with Gasteiger partial charge in [0.25, 0.3) is 0 Å². The molecule has 25 heavy (non-hydrogen) atoms. The third-order valence-electron chi connectivity index (χ3n) is 5.02. The van der Waals surface area contributed by atoms with E-state index >= 15 is 0 Å². The molecular weight excluding hydrogens is 316 g/mol. The van der Waals surface area contributed by atoms with Crippen molar-refractivity contribution in [3.05, 3.63) is 35.1 Å². The van der Waals surface area contributed by atoms with Crippen LogP contribution >= 0.6 is 0 Å². The summed E-state index contributed by atoms with van der Waals surface area (Å²) in [6.07, 6.45) is 3.49. The highest BCUT2D eigenvalue weighted by molar-refractivity contribution is 5.98. The Morgan fingerprint density at radius 3 is 2.56 bits per heavy atom. The average molecular weight is 342 g/mol. The first-order chi connectivity index (χ1) is 11.9. The highest BCUT2D eigenvalue weighted by Gasteiger charge is 2.20. The van der Waals surface area contributed by atoms with Gasteiger partial charge in [0.2, 0.25) is 5.91 Å². The third kappa shape index (κ3) is 3.29. The fourth-order valence-electron chi connectivity index (χ4n) is 3.38. The van der Waals surface area contributed by atoms with Crippen molar-refractivity contribution in [3.63, 3.8) is 0 Å². The van der Waals surface area contributed by atoms with Gasteiger partial charge < -0.3 is 19.0 Å². The molecule has 1 aliphatic heterocycles. The Balaban J connectivity index is 1.96. The minimum atomic E-state index is 0.0642. The summed E-state index contributed by atoms with van der Waals surface area (Å²) in [5.41, 5.74) is 4.74. The molecule has 1 aliphatic rings. The van der Waals surface area contributed by atoms with E-state index in [-0.39, 0.29) is 5.91 Å². The van der Waals surface area contributed by atoms with E-state index in [0.29, 0.717) is 0 Å². The molecule has 0 spiro atoms. The second-order valence-corrected chi connectivity index (χ2v) is 6.83. The van der Waals surface area contributed by atoms with Crippen LogP contribution in [0, 0.1) is 13.8 Å². The largest absolute Gasteiger partial charge is 0.496 e. The number of carbonyl (C=O) groups excluding carboxylic acids is 1. The van der Waals surface area contributed by atoms with Gasteiger partial charge in [0.1, 0.15) is 11.3 Å². The molecule has 0 saturated carbocycles. The van der Waals surface area contributed by atoms with Gasteiger partial charge in [0.05, 0.1) is 13.4 Å². The molecule has 1 amide bonds. The molecule has 0 aliphatic carbocycles. The van der Waals surface area contributed by atoms with Crippen LogP contribution in [0.2, 0.25) is 0 Å². The Kier molecular flexibility index (Phi) is 4.86. The van der Waals surface area contributed by atoms with Gasteiger partial charge in [-0.05, 0) is 45.0 Å². The maximum absolute atomic E-state index is 12.6. The third-order valence-corrected chi connectivity index (χ3v) is 5.02. The van der Waals surface area contributed by atoms with Gasteiger partial charge in [-0.1, -0.05) is 0 Å². The Hall–Kier alpha value is -2.27. The van der Waals surface area contributed by atoms with Crippen molar-refractivity contribution in [2.24, 2.45) is 0 Å². The summed E-state index contributed by atoms with van der Waals surface area (Å²) in [5.74, 6) is 0.830. The average Bonchev–Trinajstić information content (AvgIpc) is 2.96. The number of rotatable bonds is 3. The van der Waals surface area contributed by atoms with Crippen LogP contribution in [0.15, 0.2) is 22.8 Å². The van der Waals surface area contributed by atoms with Gasteiger partial charge in [-0.25, -0.2) is 0 Å². The summed E-state index contributed by atoms with van der Waals surface area (Å²) in [4.78, 5) is 16.8. The number of methoxy groups -OCH3 is 1. The SMILES string of the molecule is COc1c(/C(C)=C/C(=O)N2CCN(C)CC2)cc2c(C)coc2c1C. The lowest BCUT2D eigenvalue weighted by atomic mass is 9.98. The lowest BCUT2D eigenvalue weighted by Gasteiger charge is -2.31. The zero-order chi connectivity index (χ0) is 18.1. The summed E-state index contributed by atoms with van der Waals surface area (Å²) in [7, 11) is 3.74. The molecule has 2 aromatic rings. The molecule has 1 aromatic heterocycles. The molecule has 134 valence electrons. The highest BCUT2D eigenvalue weighted by atomic mass is 16.5. The molecule has 0 N–H and O–H groups in total. The molecule has 0 atom stereocenters. The summed E-state index contributed by atoms with van der Waals surface area (Å²) in [5, 5.41) is 1.06. The Morgan fingerprint density at radius 2 is 1.92 bits per heavy atom. The molecule has 3 rings (SSSR count). The number of allylic oxidation sites excluding steroid dienone is 1. The van der Waals surface area contributed by atoms with Gasteiger partial charge in [-0.2, -0.15) is 0 Å². The standard InChI is InChI=1S/C20H26N2O3/c1-13(10-18(23)22-8-6-21(4)7-9-22)16-11-17-14(2)12-25-20(17)15(3)19(16)24-5/h10-12H,6-9H2,1-5H3/b13-10+. The van der Waals surface area contributed by atoms with Gasteiger partial charge in [-0.3, -0.25) is 4.79 Å². The van der Waals surface area contributed by atoms with E-state index in [4.69, 9.17) is 9.15 Å². The van der Waals surface area contributed by atoms with Crippen molar-refractivity contribution < 1.29 is 13.9 Å². The van der Waals surface area contributed by atoms with Crippen molar-refractivity contribution in [1.29, 1.82) is 0 Å². The van der Waals surface area contributed by atoms with Crippen LogP contribution in [0.4, 0.5) is 0 Å². The number of ether oxygens (including phenoxy) is 1. The number of nitrogens with zero attached hydrogens (tertiary/aromatic N) is 2. The first-order valence-electron chi connectivity index (χ1n) is 8.64. The van der Waals surface area contributed by atoms with E-state index in [1.165, 1.54) is 0 Å². The first kappa shape index (κ1) is 17.5. The number of fused-ring (bicyclic) bond motifs is 1. The Bertz CT molecular complexity index is 827. The van der Waals surface area contributed by atoms with Crippen molar-refractivity contribution >= 4 is 22.4 Å². The Morgan fingerprint density at radius 1 is 1.24 bits per heavy atom. The minimum absolute atomic E-state index is 0.0642. The zero-order valence-electron chi connectivity index (χ0n) is 15.7. The molecule has 0 bridgehead atoms. The number of hydrogen-bond acceptors (Lipinski definition) is 4. The van der Waals surface area contributed by atoms with E-state index in [1.807, 2.05) is 25.7 Å². The lowest BCUT2D eigenvalue weighted by Crippen LogP contribution is -2.46. The summed E-state index contributed by atoms with van der Waals surface area (Å²) in [6, 6.07) is 2.06. The number of benzene rings is 1. The van der Waals surface area contributed by atoms with Crippen molar-refractivity contribution in [2.45, 2.75) is 20.8 Å². The number of furan rings is 1. The number of hydrogen-bond donors (Lipinski definition) is 0. The van der Waals surface area contributed by atoms with E-state index in [2.05, 4.69) is 18.0 Å². The van der Waals surface area contributed by atoms with Crippen molar-refractivity contribution in [3.8, 4) is 5.75 Å². The van der Waals surface area contributed by atoms with Crippen molar-refractivity contribution in [2.75, 3.05) is 40.3 Å². The maximum Gasteiger partial charge on any atom is 0.246 e. The topological polar surface area (TPSA) is 45.9 Å². The van der Waals surface area contributed by atoms with E-state index in [0.717, 1.165) is 65.2 Å². The molecule has 1 fully saturated rings.